The molecule has 7 rings (SSSR count). The number of piperidine rings is 2. The molecule has 0 radical (unpaired) electrons. The molecule has 17 heteroatoms. The third kappa shape index (κ3) is 9.10. The molecule has 57 heavy (non-hydrogen) atoms. The first-order valence-electron chi connectivity index (χ1n) is 19.6. The van der Waals surface area contributed by atoms with Crippen LogP contribution in [0.15, 0.2) is 48.7 Å². The highest BCUT2D eigenvalue weighted by Crippen LogP contribution is 2.31. The molecule has 6 amide bonds. The van der Waals surface area contributed by atoms with Gasteiger partial charge >= 0.3 is 6.03 Å². The van der Waals surface area contributed by atoms with Crippen molar-refractivity contribution in [1.82, 2.24) is 35.3 Å². The fraction of sp³-hybridized carbons (Fsp3) is 0.475. The topological polar surface area (TPSA) is 216 Å². The lowest BCUT2D eigenvalue weighted by molar-refractivity contribution is -0.137. The molecule has 302 valence electrons. The Balaban J connectivity index is 0.834. The number of nitrogens with two attached hydrogens (primary N) is 1. The maximum Gasteiger partial charge on any atom is 0.320 e. The number of likely N-dealkylation sites (N-methyl/N-ethyl adjacent to an activating group) is 1. The Hall–Kier alpha value is -5.81. The maximum atomic E-state index is 13.1. The highest BCUT2D eigenvalue weighted by molar-refractivity contribution is 6.05. The van der Waals surface area contributed by atoms with Crippen LogP contribution in [0.4, 0.5) is 22.1 Å². The number of hydrogen-bond donors (Lipinski definition) is 5. The predicted octanol–water partition coefficient (Wildman–Crippen LogP) is 2.18. The van der Waals surface area contributed by atoms with E-state index in [4.69, 9.17) is 15.5 Å². The van der Waals surface area contributed by atoms with Gasteiger partial charge in [-0.3, -0.25) is 24.5 Å². The Morgan fingerprint density at radius 1 is 1.05 bits per heavy atom. The summed E-state index contributed by atoms with van der Waals surface area (Å²) in [6.07, 6.45) is 4.79. The number of fused-ring (bicyclic) bond motifs is 1. The van der Waals surface area contributed by atoms with Crippen molar-refractivity contribution in [1.29, 1.82) is 0 Å². The Morgan fingerprint density at radius 2 is 1.88 bits per heavy atom. The Bertz CT molecular complexity index is 1990. The number of ether oxygens (including phenoxy) is 1. The number of rotatable bonds is 15. The average molecular weight is 783 g/mol. The summed E-state index contributed by atoms with van der Waals surface area (Å²) in [4.78, 5) is 78.8. The number of aliphatic hydroxyl groups excluding tert-OH is 1. The van der Waals surface area contributed by atoms with Gasteiger partial charge in [-0.05, 0) is 80.0 Å². The van der Waals surface area contributed by atoms with Gasteiger partial charge in [-0.2, -0.15) is 0 Å². The van der Waals surface area contributed by atoms with Crippen molar-refractivity contribution in [2.24, 2.45) is 5.73 Å². The second-order valence-corrected chi connectivity index (χ2v) is 14.9. The van der Waals surface area contributed by atoms with Crippen molar-refractivity contribution in [3.05, 3.63) is 71.0 Å². The third-order valence-corrected chi connectivity index (χ3v) is 11.0. The molecule has 2 unspecified atom stereocenters. The summed E-state index contributed by atoms with van der Waals surface area (Å²) in [6.45, 7) is 4.02. The van der Waals surface area contributed by atoms with Gasteiger partial charge in [0.25, 0.3) is 5.91 Å². The number of carbonyl (C=O) groups excluding carboxylic acids is 5. The van der Waals surface area contributed by atoms with Crippen LogP contribution in [0.3, 0.4) is 0 Å². The van der Waals surface area contributed by atoms with Crippen LogP contribution < -0.4 is 31.3 Å². The normalized spacial score (nSPS) is 20.1. The van der Waals surface area contributed by atoms with E-state index in [2.05, 4.69) is 25.8 Å². The quantitative estimate of drug-likeness (QED) is 0.0853. The number of amides is 6. The van der Waals surface area contributed by atoms with E-state index in [0.29, 0.717) is 93.5 Å². The zero-order valence-corrected chi connectivity index (χ0v) is 32.1. The summed E-state index contributed by atoms with van der Waals surface area (Å²) in [6, 6.07) is 12.3. The summed E-state index contributed by atoms with van der Waals surface area (Å²) < 4.78 is 5.90. The molecular weight excluding hydrogens is 733 g/mol. The van der Waals surface area contributed by atoms with Gasteiger partial charge in [0.1, 0.15) is 29.5 Å². The lowest BCUT2D eigenvalue weighted by atomic mass is 9.98. The van der Waals surface area contributed by atoms with Crippen molar-refractivity contribution in [3.8, 4) is 5.75 Å². The molecule has 0 aliphatic carbocycles. The minimum Gasteiger partial charge on any atom is -0.494 e. The van der Waals surface area contributed by atoms with Crippen LogP contribution in [0.5, 0.6) is 5.75 Å². The summed E-state index contributed by atoms with van der Waals surface area (Å²) in [5.74, 6) is 0.594. The minimum atomic E-state index is -1.33. The van der Waals surface area contributed by atoms with Gasteiger partial charge in [-0.1, -0.05) is 12.1 Å². The number of urea groups is 1. The molecule has 4 aliphatic rings. The number of benzene rings is 2. The zero-order valence-electron chi connectivity index (χ0n) is 32.1. The van der Waals surface area contributed by atoms with E-state index in [1.165, 1.54) is 0 Å². The lowest BCUT2D eigenvalue weighted by Crippen LogP contribution is -2.52. The number of nitrogens with one attached hydrogen (secondary N) is 3. The fourth-order valence-corrected chi connectivity index (χ4v) is 7.95. The molecule has 3 fully saturated rings. The maximum absolute atomic E-state index is 13.1. The number of aryl methyl sites for hydroxylation is 1. The van der Waals surface area contributed by atoms with Crippen LogP contribution >= 0.6 is 0 Å². The van der Waals surface area contributed by atoms with Gasteiger partial charge in [0.15, 0.2) is 5.82 Å². The van der Waals surface area contributed by atoms with Crippen molar-refractivity contribution in [2.75, 3.05) is 56.6 Å². The van der Waals surface area contributed by atoms with E-state index in [1.54, 1.807) is 22.1 Å². The molecule has 3 aromatic rings. The largest absolute Gasteiger partial charge is 0.494 e. The standard InChI is InChI=1S/C40H50N10O7/c1-47-19-20-49(40(47)56)27-8-4-18-48(23-27)32-22-43-35(36(41)53)37(45-32)44-26-11-13-28(14-12-26)57-21-5-17-42-33(51)10-3-7-25-6-2-9-29-30(25)24-50(39(29)55)31-15-16-34(52)46-38(31)54/h2,6,9,11-14,22,27,31,36,53H,3-5,7-8,10,15-21,23-24,41H2,1H3,(H,42,51)(H,44,45)(H,46,52,54)/t27-,31?,36?/m1/s1. The van der Waals surface area contributed by atoms with E-state index in [0.717, 1.165) is 37.1 Å². The van der Waals surface area contributed by atoms with Gasteiger partial charge in [-0.25, -0.2) is 14.8 Å². The van der Waals surface area contributed by atoms with Crippen molar-refractivity contribution < 1.29 is 33.8 Å². The number of carbonyl (C=O) groups is 5. The van der Waals surface area contributed by atoms with Gasteiger partial charge in [0.2, 0.25) is 17.7 Å². The lowest BCUT2D eigenvalue weighted by Gasteiger charge is -2.38. The number of nitrogens with zero attached hydrogens (tertiary/aromatic N) is 6. The molecule has 3 saturated heterocycles. The van der Waals surface area contributed by atoms with Crippen LogP contribution in [0.25, 0.3) is 0 Å². The van der Waals surface area contributed by atoms with Crippen LogP contribution in [0, 0.1) is 0 Å². The molecule has 5 heterocycles. The molecule has 0 spiro atoms. The van der Waals surface area contributed by atoms with Crippen molar-refractivity contribution >= 4 is 47.0 Å². The molecule has 17 nitrogen and oxygen atoms in total. The summed E-state index contributed by atoms with van der Waals surface area (Å²) in [7, 11) is 1.82. The highest BCUT2D eigenvalue weighted by atomic mass is 16.5. The SMILES string of the molecule is CN1CCN([C@@H]2CCCN(c3cnc(C(N)O)c(Nc4ccc(OCCCNC(=O)CCCc5cccc6c5CN(C5CCC(=O)NC5=O)C6=O)cc4)n3)C2)C1=O. The minimum absolute atomic E-state index is 0.0521. The Kier molecular flexibility index (Phi) is 12.1. The summed E-state index contributed by atoms with van der Waals surface area (Å²) in [5.41, 5.74) is 9.17. The first-order valence-corrected chi connectivity index (χ1v) is 19.6. The summed E-state index contributed by atoms with van der Waals surface area (Å²) in [5, 5.41) is 18.7. The zero-order chi connectivity index (χ0) is 40.1. The molecule has 2 aromatic carbocycles. The van der Waals surface area contributed by atoms with Crippen LogP contribution in [-0.4, -0.2) is 118 Å². The number of aromatic nitrogens is 2. The molecule has 0 bridgehead atoms. The van der Waals surface area contributed by atoms with Crippen LogP contribution in [0.2, 0.25) is 0 Å². The Morgan fingerprint density at radius 3 is 2.63 bits per heavy atom. The fourth-order valence-electron chi connectivity index (χ4n) is 7.95. The number of aliphatic hydroxyl groups is 1. The molecular formula is C40H50N10O7. The van der Waals surface area contributed by atoms with Crippen LogP contribution in [0.1, 0.15) is 78.4 Å². The van der Waals surface area contributed by atoms with E-state index in [-0.39, 0.29) is 41.9 Å². The number of imide groups is 1. The summed E-state index contributed by atoms with van der Waals surface area (Å²) >= 11 is 0. The molecule has 1 aromatic heterocycles. The van der Waals surface area contributed by atoms with E-state index in [1.807, 2.05) is 48.3 Å². The van der Waals surface area contributed by atoms with Gasteiger partial charge in [0.05, 0.1) is 18.8 Å². The smallest absolute Gasteiger partial charge is 0.320 e. The highest BCUT2D eigenvalue weighted by Gasteiger charge is 2.40. The van der Waals surface area contributed by atoms with E-state index >= 15 is 0 Å². The van der Waals surface area contributed by atoms with Crippen molar-refractivity contribution in [3.63, 3.8) is 0 Å². The molecule has 3 atom stereocenters. The van der Waals surface area contributed by atoms with Gasteiger partial charge < -0.3 is 45.8 Å². The molecule has 6 N–H and O–H groups in total. The monoisotopic (exact) mass is 782 g/mol. The third-order valence-electron chi connectivity index (χ3n) is 11.0. The van der Waals surface area contributed by atoms with Crippen LogP contribution in [-0.2, 0) is 27.3 Å². The van der Waals surface area contributed by atoms with E-state index < -0.39 is 18.2 Å². The first kappa shape index (κ1) is 39.4. The second-order valence-electron chi connectivity index (χ2n) is 14.9. The number of anilines is 3. The average Bonchev–Trinajstić information content (AvgIpc) is 3.72. The van der Waals surface area contributed by atoms with Crippen molar-refractivity contribution in [2.45, 2.75) is 76.2 Å². The van der Waals surface area contributed by atoms with Gasteiger partial charge in [0, 0.05) is 70.4 Å². The van der Waals surface area contributed by atoms with E-state index in [9.17, 15) is 29.1 Å². The molecule has 4 aliphatic heterocycles. The second kappa shape index (κ2) is 17.5. The first-order chi connectivity index (χ1) is 27.5. The molecule has 0 saturated carbocycles. The predicted molar refractivity (Wildman–Crippen MR) is 209 cm³/mol. The Labute approximate surface area is 330 Å². The van der Waals surface area contributed by atoms with Gasteiger partial charge in [-0.15, -0.1) is 0 Å². The number of hydrogen-bond acceptors (Lipinski definition) is 12.